The lowest BCUT2D eigenvalue weighted by Crippen LogP contribution is -2.47. The first-order valence-corrected chi connectivity index (χ1v) is 7.03. The number of ether oxygens (including phenoxy) is 1. The number of pyridine rings is 1. The molecule has 0 aromatic carbocycles. The number of rotatable bonds is 4. The molecule has 1 aliphatic heterocycles. The van der Waals surface area contributed by atoms with Gasteiger partial charge >= 0.3 is 0 Å². The lowest BCUT2D eigenvalue weighted by Gasteiger charge is -2.36. The van der Waals surface area contributed by atoms with Gasteiger partial charge in [0.05, 0.1) is 24.1 Å². The van der Waals surface area contributed by atoms with Gasteiger partial charge in [0, 0.05) is 33.2 Å². The second kappa shape index (κ2) is 6.69. The van der Waals surface area contributed by atoms with Crippen LogP contribution >= 0.6 is 0 Å². The van der Waals surface area contributed by atoms with Gasteiger partial charge in [-0.15, -0.1) is 0 Å². The number of hydrogen-bond donors (Lipinski definition) is 0. The Labute approximate surface area is 120 Å². The maximum absolute atomic E-state index is 8.75. The van der Waals surface area contributed by atoms with Crippen molar-refractivity contribution in [2.24, 2.45) is 0 Å². The molecule has 20 heavy (non-hydrogen) atoms. The topological polar surface area (TPSA) is 52.4 Å². The fourth-order valence-electron chi connectivity index (χ4n) is 2.57. The Balaban J connectivity index is 1.85. The van der Waals surface area contributed by atoms with Gasteiger partial charge in [-0.25, -0.2) is 4.98 Å². The molecule has 2 heterocycles. The molecule has 5 nitrogen and oxygen atoms in total. The van der Waals surface area contributed by atoms with Crippen molar-refractivity contribution in [1.29, 1.82) is 5.26 Å². The molecule has 0 amide bonds. The van der Waals surface area contributed by atoms with E-state index in [1.807, 2.05) is 12.1 Å². The second-order valence-corrected chi connectivity index (χ2v) is 5.45. The second-order valence-electron chi connectivity index (χ2n) is 5.45. The highest BCUT2D eigenvalue weighted by Gasteiger charge is 2.21. The molecule has 0 radical (unpaired) electrons. The van der Waals surface area contributed by atoms with Crippen LogP contribution in [0, 0.1) is 11.3 Å². The monoisotopic (exact) mass is 274 g/mol. The van der Waals surface area contributed by atoms with Gasteiger partial charge in [-0.1, -0.05) is 0 Å². The molecule has 2 atom stereocenters. The molecule has 0 aliphatic carbocycles. The Bertz CT molecular complexity index is 458. The quantitative estimate of drug-likeness (QED) is 0.833. The summed E-state index contributed by atoms with van der Waals surface area (Å²) in [5.74, 6) is 0. The van der Waals surface area contributed by atoms with Gasteiger partial charge in [-0.05, 0) is 26.0 Å². The van der Waals surface area contributed by atoms with Crippen molar-refractivity contribution in [1.82, 2.24) is 9.88 Å². The van der Waals surface area contributed by atoms with Gasteiger partial charge in [0.15, 0.2) is 0 Å². The zero-order valence-corrected chi connectivity index (χ0v) is 12.4. The van der Waals surface area contributed by atoms with E-state index in [-0.39, 0.29) is 0 Å². The summed E-state index contributed by atoms with van der Waals surface area (Å²) in [6, 6.07) is 5.73. The molecule has 0 saturated carbocycles. The van der Waals surface area contributed by atoms with Crippen LogP contribution in [0.4, 0.5) is 5.69 Å². The van der Waals surface area contributed by atoms with Gasteiger partial charge in [0.1, 0.15) is 11.8 Å². The fraction of sp³-hybridized carbons (Fsp3) is 0.600. The molecule has 0 spiro atoms. The van der Waals surface area contributed by atoms with Crippen LogP contribution in [0.2, 0.25) is 0 Å². The van der Waals surface area contributed by atoms with Crippen molar-refractivity contribution < 1.29 is 4.74 Å². The van der Waals surface area contributed by atoms with Gasteiger partial charge < -0.3 is 9.64 Å². The maximum atomic E-state index is 8.75. The first-order valence-electron chi connectivity index (χ1n) is 7.03. The minimum absolute atomic E-state index is 0.306. The minimum atomic E-state index is 0.306. The Kier molecular flexibility index (Phi) is 4.94. The van der Waals surface area contributed by atoms with Crippen LogP contribution in [-0.2, 0) is 4.74 Å². The Morgan fingerprint density at radius 3 is 2.65 bits per heavy atom. The number of aromatic nitrogens is 1. The highest BCUT2D eigenvalue weighted by Crippen LogP contribution is 2.13. The van der Waals surface area contributed by atoms with Gasteiger partial charge in [-0.3, -0.25) is 4.90 Å². The number of anilines is 1. The third kappa shape index (κ3) is 3.92. The van der Waals surface area contributed by atoms with E-state index in [0.29, 0.717) is 17.9 Å². The molecule has 1 aliphatic rings. The van der Waals surface area contributed by atoms with E-state index >= 15 is 0 Å². The molecule has 108 valence electrons. The van der Waals surface area contributed by atoms with Crippen LogP contribution < -0.4 is 4.90 Å². The average molecular weight is 274 g/mol. The minimum Gasteiger partial charge on any atom is -0.373 e. The van der Waals surface area contributed by atoms with Crippen molar-refractivity contribution in [3.8, 4) is 6.07 Å². The molecule has 5 heteroatoms. The molecule has 1 aromatic rings. The van der Waals surface area contributed by atoms with Gasteiger partial charge in [-0.2, -0.15) is 5.26 Å². The maximum Gasteiger partial charge on any atom is 0.140 e. The van der Waals surface area contributed by atoms with E-state index < -0.39 is 0 Å². The Hall–Kier alpha value is -1.64. The molecule has 0 N–H and O–H groups in total. The van der Waals surface area contributed by atoms with E-state index in [1.165, 1.54) is 0 Å². The largest absolute Gasteiger partial charge is 0.373 e. The first-order chi connectivity index (χ1) is 9.58. The summed E-state index contributed by atoms with van der Waals surface area (Å²) in [6.07, 6.45) is 2.37. The Morgan fingerprint density at radius 1 is 1.40 bits per heavy atom. The number of nitrogens with zero attached hydrogens (tertiary/aromatic N) is 4. The highest BCUT2D eigenvalue weighted by atomic mass is 16.5. The smallest absolute Gasteiger partial charge is 0.140 e. The summed E-state index contributed by atoms with van der Waals surface area (Å²) < 4.78 is 5.74. The molecule has 1 fully saturated rings. The third-order valence-corrected chi connectivity index (χ3v) is 3.55. The van der Waals surface area contributed by atoms with Crippen LogP contribution in [0.15, 0.2) is 18.3 Å². The summed E-state index contributed by atoms with van der Waals surface area (Å²) >= 11 is 0. The molecular formula is C15H22N4O. The zero-order chi connectivity index (χ0) is 14.5. The predicted octanol–water partition coefficient (Wildman–Crippen LogP) is 1.50. The number of nitriles is 1. The number of morpholine rings is 1. The standard InChI is InChI=1S/C15H22N4O/c1-12-10-19(11-13(2)20-12)7-6-18(3)15-5-4-14(8-16)17-9-15/h4-5,9,12-13H,6-7,10-11H2,1-3H3/t12-,13+. The van der Waals surface area contributed by atoms with E-state index in [1.54, 1.807) is 12.3 Å². The molecule has 1 saturated heterocycles. The van der Waals surface area contributed by atoms with Crippen LogP contribution in [-0.4, -0.2) is 55.3 Å². The van der Waals surface area contributed by atoms with E-state index in [0.717, 1.165) is 31.9 Å². The lowest BCUT2D eigenvalue weighted by molar-refractivity contribution is -0.0670. The summed E-state index contributed by atoms with van der Waals surface area (Å²) in [6.45, 7) is 8.17. The van der Waals surface area contributed by atoms with Crippen molar-refractivity contribution in [2.45, 2.75) is 26.1 Å². The summed E-state index contributed by atoms with van der Waals surface area (Å²) in [5, 5.41) is 8.75. The van der Waals surface area contributed by atoms with Crippen molar-refractivity contribution in [3.05, 3.63) is 24.0 Å². The van der Waals surface area contributed by atoms with Gasteiger partial charge in [0.25, 0.3) is 0 Å². The van der Waals surface area contributed by atoms with Crippen molar-refractivity contribution >= 4 is 5.69 Å². The fourth-order valence-corrected chi connectivity index (χ4v) is 2.57. The number of likely N-dealkylation sites (N-methyl/N-ethyl adjacent to an activating group) is 1. The summed E-state index contributed by atoms with van der Waals surface area (Å²) in [4.78, 5) is 8.70. The predicted molar refractivity (Wildman–Crippen MR) is 78.7 cm³/mol. The third-order valence-electron chi connectivity index (χ3n) is 3.55. The van der Waals surface area contributed by atoms with Crippen LogP contribution in [0.5, 0.6) is 0 Å². The molecular weight excluding hydrogens is 252 g/mol. The van der Waals surface area contributed by atoms with E-state index in [4.69, 9.17) is 10.00 Å². The normalized spacial score (nSPS) is 23.3. The molecule has 0 unspecified atom stereocenters. The lowest BCUT2D eigenvalue weighted by atomic mass is 10.2. The van der Waals surface area contributed by atoms with Gasteiger partial charge in [0.2, 0.25) is 0 Å². The summed E-state index contributed by atoms with van der Waals surface area (Å²) in [5.41, 5.74) is 1.50. The molecule has 2 rings (SSSR count). The molecule has 0 bridgehead atoms. The van der Waals surface area contributed by atoms with Crippen LogP contribution in [0.25, 0.3) is 0 Å². The van der Waals surface area contributed by atoms with E-state index in [2.05, 4.69) is 35.7 Å². The Morgan fingerprint density at radius 2 is 2.10 bits per heavy atom. The van der Waals surface area contributed by atoms with Crippen molar-refractivity contribution in [3.63, 3.8) is 0 Å². The van der Waals surface area contributed by atoms with E-state index in [9.17, 15) is 0 Å². The number of hydrogen-bond acceptors (Lipinski definition) is 5. The van der Waals surface area contributed by atoms with Crippen LogP contribution in [0.3, 0.4) is 0 Å². The first kappa shape index (κ1) is 14.8. The molecule has 1 aromatic heterocycles. The highest BCUT2D eigenvalue weighted by molar-refractivity contribution is 5.44. The zero-order valence-electron chi connectivity index (χ0n) is 12.4. The summed E-state index contributed by atoms with van der Waals surface area (Å²) in [7, 11) is 2.05. The van der Waals surface area contributed by atoms with Crippen LogP contribution in [0.1, 0.15) is 19.5 Å². The average Bonchev–Trinajstić information content (AvgIpc) is 2.44. The van der Waals surface area contributed by atoms with Crippen molar-refractivity contribution in [2.75, 3.05) is 38.1 Å². The SMILES string of the molecule is C[C@@H]1CN(CCN(C)c2ccc(C#N)nc2)C[C@H](C)O1.